The molecule has 6 nitrogen and oxygen atoms in total. The van der Waals surface area contributed by atoms with Crippen molar-refractivity contribution in [3.63, 3.8) is 0 Å². The largest absolute Gasteiger partial charge is 0.382 e. The zero-order chi connectivity index (χ0) is 15.9. The molecule has 1 rings (SSSR count). The average molecular weight is 357 g/mol. The fraction of sp³-hybridized carbons (Fsp3) is 0.500. The molecule has 0 radical (unpaired) electrons. The average Bonchev–Trinajstić information content (AvgIpc) is 2.43. The second-order valence-electron chi connectivity index (χ2n) is 4.05. The monoisotopic (exact) mass is 356 g/mol. The molecule has 3 N–H and O–H groups in total. The first kappa shape index (κ1) is 18.6. The number of benzene rings is 1. The molecule has 0 aromatic heterocycles. The van der Waals surface area contributed by atoms with Crippen molar-refractivity contribution in [2.45, 2.75) is 11.4 Å². The molecule has 0 unspecified atom stereocenters. The van der Waals surface area contributed by atoms with E-state index in [1.54, 1.807) is 7.11 Å². The molecule has 0 aliphatic rings. The highest BCUT2D eigenvalue weighted by Crippen LogP contribution is 2.30. The van der Waals surface area contributed by atoms with Crippen LogP contribution >= 0.6 is 23.2 Å². The van der Waals surface area contributed by atoms with Crippen molar-refractivity contribution >= 4 is 33.2 Å². The summed E-state index contributed by atoms with van der Waals surface area (Å²) in [5.74, 6) is 0. The highest BCUT2D eigenvalue weighted by molar-refractivity contribution is 7.89. The van der Waals surface area contributed by atoms with Crippen LogP contribution in [0, 0.1) is 0 Å². The SMILES string of the molecule is COCCOCCNS(=O)(=O)c1ccc(Cl)c(CN)c1Cl. The van der Waals surface area contributed by atoms with Gasteiger partial charge >= 0.3 is 0 Å². The molecule has 1 aromatic carbocycles. The van der Waals surface area contributed by atoms with E-state index in [2.05, 4.69) is 4.72 Å². The second kappa shape index (κ2) is 8.89. The minimum atomic E-state index is -3.74. The molecular formula is C12H18Cl2N2O4S. The summed E-state index contributed by atoms with van der Waals surface area (Å²) in [4.78, 5) is -0.0501. The maximum absolute atomic E-state index is 12.2. The van der Waals surface area contributed by atoms with Gasteiger partial charge in [0.25, 0.3) is 0 Å². The zero-order valence-corrected chi connectivity index (χ0v) is 13.9. The number of halogens is 2. The Kier molecular flexibility index (Phi) is 7.89. The van der Waals surface area contributed by atoms with Crippen LogP contribution in [-0.2, 0) is 26.0 Å². The Labute approximate surface area is 134 Å². The predicted molar refractivity (Wildman–Crippen MR) is 82.2 cm³/mol. The molecule has 0 saturated carbocycles. The Morgan fingerprint density at radius 3 is 2.57 bits per heavy atom. The van der Waals surface area contributed by atoms with Gasteiger partial charge in [-0.1, -0.05) is 23.2 Å². The Hall–Kier alpha value is -0.410. The van der Waals surface area contributed by atoms with E-state index in [1.165, 1.54) is 12.1 Å². The topological polar surface area (TPSA) is 90.6 Å². The van der Waals surface area contributed by atoms with Crippen molar-refractivity contribution in [3.05, 3.63) is 27.7 Å². The normalized spacial score (nSPS) is 11.8. The number of rotatable bonds is 9. The molecule has 9 heteroatoms. The molecule has 0 aliphatic heterocycles. The molecule has 0 spiro atoms. The first-order chi connectivity index (χ1) is 9.94. The fourth-order valence-electron chi connectivity index (χ4n) is 1.54. The van der Waals surface area contributed by atoms with Crippen molar-refractivity contribution in [1.82, 2.24) is 4.72 Å². The molecule has 0 heterocycles. The summed E-state index contributed by atoms with van der Waals surface area (Å²) in [5.41, 5.74) is 5.92. The summed E-state index contributed by atoms with van der Waals surface area (Å²) < 4.78 is 36.7. The van der Waals surface area contributed by atoms with Gasteiger partial charge in [0.05, 0.1) is 24.8 Å². The van der Waals surface area contributed by atoms with Gasteiger partial charge in [-0.05, 0) is 12.1 Å². The molecule has 0 atom stereocenters. The van der Waals surface area contributed by atoms with E-state index in [0.717, 1.165) is 0 Å². The molecule has 0 bridgehead atoms. The maximum atomic E-state index is 12.2. The Bertz CT molecular complexity index is 567. The summed E-state index contributed by atoms with van der Waals surface area (Å²) >= 11 is 12.0. The molecule has 0 amide bonds. The van der Waals surface area contributed by atoms with Crippen LogP contribution in [-0.4, -0.2) is 41.9 Å². The smallest absolute Gasteiger partial charge is 0.242 e. The van der Waals surface area contributed by atoms with Gasteiger partial charge in [-0.15, -0.1) is 0 Å². The summed E-state index contributed by atoms with van der Waals surface area (Å²) in [6.07, 6.45) is 0. The van der Waals surface area contributed by atoms with Crippen LogP contribution in [0.15, 0.2) is 17.0 Å². The van der Waals surface area contributed by atoms with E-state index < -0.39 is 10.0 Å². The van der Waals surface area contributed by atoms with E-state index in [9.17, 15) is 8.42 Å². The van der Waals surface area contributed by atoms with Crippen LogP contribution in [0.4, 0.5) is 0 Å². The van der Waals surface area contributed by atoms with E-state index in [1.807, 2.05) is 0 Å². The van der Waals surface area contributed by atoms with Gasteiger partial charge < -0.3 is 15.2 Å². The van der Waals surface area contributed by atoms with Gasteiger partial charge in [0.2, 0.25) is 10.0 Å². The first-order valence-corrected chi connectivity index (χ1v) is 8.41. The van der Waals surface area contributed by atoms with Crippen LogP contribution < -0.4 is 10.5 Å². The Balaban J connectivity index is 2.71. The van der Waals surface area contributed by atoms with Gasteiger partial charge in [-0.2, -0.15) is 0 Å². The summed E-state index contributed by atoms with van der Waals surface area (Å²) in [6, 6.07) is 2.80. The maximum Gasteiger partial charge on any atom is 0.242 e. The van der Waals surface area contributed by atoms with Crippen molar-refractivity contribution in [2.24, 2.45) is 5.73 Å². The standard InChI is InChI=1S/C12H18Cl2N2O4S/c1-19-6-7-20-5-4-16-21(17,18)11-3-2-10(13)9(8-15)12(11)14/h2-3,16H,4-8,15H2,1H3. The predicted octanol–water partition coefficient (Wildman–Crippen LogP) is 1.39. The van der Waals surface area contributed by atoms with Crippen LogP contribution in [0.3, 0.4) is 0 Å². The number of sulfonamides is 1. The van der Waals surface area contributed by atoms with Crippen molar-refractivity contribution in [2.75, 3.05) is 33.5 Å². The number of hydrogen-bond acceptors (Lipinski definition) is 5. The minimum Gasteiger partial charge on any atom is -0.382 e. The van der Waals surface area contributed by atoms with Gasteiger partial charge in [0.15, 0.2) is 0 Å². The quantitative estimate of drug-likeness (QED) is 0.652. The first-order valence-electron chi connectivity index (χ1n) is 6.17. The van der Waals surface area contributed by atoms with E-state index in [0.29, 0.717) is 23.8 Å². The number of methoxy groups -OCH3 is 1. The molecule has 0 aliphatic carbocycles. The lowest BCUT2D eigenvalue weighted by atomic mass is 10.2. The van der Waals surface area contributed by atoms with Gasteiger partial charge in [0.1, 0.15) is 4.90 Å². The lowest BCUT2D eigenvalue weighted by Gasteiger charge is -2.12. The van der Waals surface area contributed by atoms with Crippen molar-refractivity contribution in [3.8, 4) is 0 Å². The Morgan fingerprint density at radius 2 is 1.95 bits per heavy atom. The molecule has 0 fully saturated rings. The summed E-state index contributed by atoms with van der Waals surface area (Å²) in [5, 5.41) is 0.377. The minimum absolute atomic E-state index is 0.0396. The third-order valence-corrected chi connectivity index (χ3v) is 5.02. The number of nitrogens with two attached hydrogens (primary N) is 1. The number of ether oxygens (including phenoxy) is 2. The van der Waals surface area contributed by atoms with Crippen LogP contribution in [0.5, 0.6) is 0 Å². The highest BCUT2D eigenvalue weighted by Gasteiger charge is 2.20. The molecule has 0 saturated heterocycles. The molecule has 120 valence electrons. The second-order valence-corrected chi connectivity index (χ2v) is 6.57. The highest BCUT2D eigenvalue weighted by atomic mass is 35.5. The molecular weight excluding hydrogens is 339 g/mol. The van der Waals surface area contributed by atoms with Crippen molar-refractivity contribution in [1.29, 1.82) is 0 Å². The summed E-state index contributed by atoms with van der Waals surface area (Å²) in [6.45, 7) is 1.27. The van der Waals surface area contributed by atoms with Crippen LogP contribution in [0.2, 0.25) is 10.0 Å². The van der Waals surface area contributed by atoms with E-state index >= 15 is 0 Å². The third kappa shape index (κ3) is 5.37. The Morgan fingerprint density at radius 1 is 1.24 bits per heavy atom. The van der Waals surface area contributed by atoms with Crippen LogP contribution in [0.1, 0.15) is 5.56 Å². The van der Waals surface area contributed by atoms with Gasteiger partial charge in [-0.3, -0.25) is 0 Å². The van der Waals surface area contributed by atoms with E-state index in [-0.39, 0.29) is 29.6 Å². The zero-order valence-electron chi connectivity index (χ0n) is 11.6. The third-order valence-electron chi connectivity index (χ3n) is 2.61. The van der Waals surface area contributed by atoms with Gasteiger partial charge in [-0.25, -0.2) is 13.1 Å². The van der Waals surface area contributed by atoms with Gasteiger partial charge in [0, 0.05) is 30.8 Å². The molecule has 1 aromatic rings. The van der Waals surface area contributed by atoms with E-state index in [4.69, 9.17) is 38.4 Å². The summed E-state index contributed by atoms with van der Waals surface area (Å²) in [7, 11) is -2.18. The lowest BCUT2D eigenvalue weighted by molar-refractivity contribution is 0.0736. The van der Waals surface area contributed by atoms with Crippen molar-refractivity contribution < 1.29 is 17.9 Å². The molecule has 21 heavy (non-hydrogen) atoms. The van der Waals surface area contributed by atoms with Crippen LogP contribution in [0.25, 0.3) is 0 Å². The lowest BCUT2D eigenvalue weighted by Crippen LogP contribution is -2.28. The number of hydrogen-bond donors (Lipinski definition) is 2. The number of nitrogens with one attached hydrogen (secondary N) is 1. The fourth-order valence-corrected chi connectivity index (χ4v) is 3.48.